The van der Waals surface area contributed by atoms with Crippen LogP contribution in [0.5, 0.6) is 5.75 Å². The summed E-state index contributed by atoms with van der Waals surface area (Å²) < 4.78 is 5.64. The Morgan fingerprint density at radius 3 is 2.80 bits per heavy atom. The summed E-state index contributed by atoms with van der Waals surface area (Å²) in [5.41, 5.74) is 0.456. The summed E-state index contributed by atoms with van der Waals surface area (Å²) in [6.07, 6.45) is 3.75. The molecule has 1 aliphatic rings. The van der Waals surface area contributed by atoms with Crippen LogP contribution in [0.3, 0.4) is 0 Å². The zero-order chi connectivity index (χ0) is 14.4. The molecule has 1 saturated carbocycles. The van der Waals surface area contributed by atoms with Crippen LogP contribution < -0.4 is 10.1 Å². The molecule has 0 aliphatic heterocycles. The highest BCUT2D eigenvalue weighted by Crippen LogP contribution is 2.30. The second-order valence-electron chi connectivity index (χ2n) is 5.57. The van der Waals surface area contributed by atoms with Gasteiger partial charge in [-0.1, -0.05) is 18.2 Å². The van der Waals surface area contributed by atoms with Gasteiger partial charge in [-0.3, -0.25) is 4.79 Å². The third-order valence-electron chi connectivity index (χ3n) is 3.80. The molecule has 4 heteroatoms. The number of rotatable bonds is 7. The predicted molar refractivity (Wildman–Crippen MR) is 77.7 cm³/mol. The minimum Gasteiger partial charge on any atom is -0.493 e. The Bertz CT molecular complexity index is 455. The van der Waals surface area contributed by atoms with E-state index < -0.39 is 5.60 Å². The maximum Gasteiger partial charge on any atom is 0.220 e. The SMILES string of the molecule is Cc1ccccc1OCCCC(=O)NCC1(O)CCC1. The van der Waals surface area contributed by atoms with E-state index in [2.05, 4.69) is 5.32 Å². The van der Waals surface area contributed by atoms with Crippen LogP contribution in [0.15, 0.2) is 24.3 Å². The van der Waals surface area contributed by atoms with Gasteiger partial charge in [0.05, 0.1) is 12.2 Å². The molecule has 1 aromatic rings. The number of carbonyl (C=O) groups is 1. The van der Waals surface area contributed by atoms with Crippen molar-refractivity contribution < 1.29 is 14.6 Å². The van der Waals surface area contributed by atoms with Gasteiger partial charge in [-0.25, -0.2) is 0 Å². The average Bonchev–Trinajstić information content (AvgIpc) is 2.41. The molecule has 2 rings (SSSR count). The van der Waals surface area contributed by atoms with Crippen molar-refractivity contribution in [1.29, 1.82) is 0 Å². The minimum absolute atomic E-state index is 0.0151. The van der Waals surface area contributed by atoms with Gasteiger partial charge in [0.1, 0.15) is 5.75 Å². The van der Waals surface area contributed by atoms with Gasteiger partial charge < -0.3 is 15.2 Å². The Hall–Kier alpha value is -1.55. The highest BCUT2D eigenvalue weighted by molar-refractivity contribution is 5.75. The molecular formula is C16H23NO3. The number of benzene rings is 1. The van der Waals surface area contributed by atoms with E-state index in [4.69, 9.17) is 4.74 Å². The zero-order valence-corrected chi connectivity index (χ0v) is 12.0. The largest absolute Gasteiger partial charge is 0.493 e. The van der Waals surface area contributed by atoms with E-state index in [9.17, 15) is 9.90 Å². The number of carbonyl (C=O) groups excluding carboxylic acids is 1. The summed E-state index contributed by atoms with van der Waals surface area (Å²) in [5.74, 6) is 0.857. The third kappa shape index (κ3) is 4.23. The molecule has 1 aliphatic carbocycles. The lowest BCUT2D eigenvalue weighted by atomic mass is 9.80. The fourth-order valence-electron chi connectivity index (χ4n) is 2.25. The Kier molecular flexibility index (Phi) is 5.01. The molecule has 0 unspecified atom stereocenters. The molecule has 1 amide bonds. The molecular weight excluding hydrogens is 254 g/mol. The maximum atomic E-state index is 11.6. The molecule has 0 bridgehead atoms. The Balaban J connectivity index is 1.58. The van der Waals surface area contributed by atoms with Gasteiger partial charge in [0.25, 0.3) is 0 Å². The van der Waals surface area contributed by atoms with E-state index in [-0.39, 0.29) is 5.91 Å². The zero-order valence-electron chi connectivity index (χ0n) is 12.0. The molecule has 0 aromatic heterocycles. The summed E-state index contributed by atoms with van der Waals surface area (Å²) >= 11 is 0. The van der Waals surface area contributed by atoms with Gasteiger partial charge in [0.15, 0.2) is 0 Å². The number of nitrogens with one attached hydrogen (secondary N) is 1. The number of ether oxygens (including phenoxy) is 1. The molecule has 2 N–H and O–H groups in total. The number of hydrogen-bond donors (Lipinski definition) is 2. The number of para-hydroxylation sites is 1. The molecule has 0 heterocycles. The van der Waals surface area contributed by atoms with Crippen LogP contribution in [0.25, 0.3) is 0 Å². The van der Waals surface area contributed by atoms with Crippen molar-refractivity contribution in [3.05, 3.63) is 29.8 Å². The molecule has 4 nitrogen and oxygen atoms in total. The molecule has 0 spiro atoms. The summed E-state index contributed by atoms with van der Waals surface area (Å²) in [6, 6.07) is 7.85. The lowest BCUT2D eigenvalue weighted by Gasteiger charge is -2.36. The van der Waals surface area contributed by atoms with Gasteiger partial charge in [-0.2, -0.15) is 0 Å². The molecule has 1 aromatic carbocycles. The number of amides is 1. The van der Waals surface area contributed by atoms with Crippen LogP contribution >= 0.6 is 0 Å². The number of aliphatic hydroxyl groups is 1. The fraction of sp³-hybridized carbons (Fsp3) is 0.562. The third-order valence-corrected chi connectivity index (χ3v) is 3.80. The summed E-state index contributed by atoms with van der Waals surface area (Å²) in [5, 5.41) is 12.7. The summed E-state index contributed by atoms with van der Waals surface area (Å²) in [4.78, 5) is 11.6. The molecule has 20 heavy (non-hydrogen) atoms. The average molecular weight is 277 g/mol. The molecule has 0 radical (unpaired) electrons. The van der Waals surface area contributed by atoms with Gasteiger partial charge in [0, 0.05) is 13.0 Å². The minimum atomic E-state index is -0.646. The van der Waals surface area contributed by atoms with Crippen LogP contribution in [0.2, 0.25) is 0 Å². The van der Waals surface area contributed by atoms with E-state index in [0.717, 1.165) is 30.6 Å². The van der Waals surface area contributed by atoms with Crippen molar-refractivity contribution in [3.63, 3.8) is 0 Å². The van der Waals surface area contributed by atoms with Crippen LogP contribution in [0.4, 0.5) is 0 Å². The molecule has 1 fully saturated rings. The first-order valence-corrected chi connectivity index (χ1v) is 7.27. The maximum absolute atomic E-state index is 11.6. The lowest BCUT2D eigenvalue weighted by Crippen LogP contribution is -2.47. The van der Waals surface area contributed by atoms with Crippen LogP contribution in [0.1, 0.15) is 37.7 Å². The smallest absolute Gasteiger partial charge is 0.220 e. The van der Waals surface area contributed by atoms with Crippen molar-refractivity contribution in [2.75, 3.05) is 13.2 Å². The van der Waals surface area contributed by atoms with Crippen molar-refractivity contribution in [1.82, 2.24) is 5.32 Å². The quantitative estimate of drug-likeness (QED) is 0.751. The highest BCUT2D eigenvalue weighted by atomic mass is 16.5. The van der Waals surface area contributed by atoms with Gasteiger partial charge in [-0.15, -0.1) is 0 Å². The van der Waals surface area contributed by atoms with Crippen LogP contribution in [-0.2, 0) is 4.79 Å². The number of aryl methyl sites for hydroxylation is 1. The van der Waals surface area contributed by atoms with E-state index in [1.807, 2.05) is 31.2 Å². The first-order chi connectivity index (χ1) is 9.59. The topological polar surface area (TPSA) is 58.6 Å². The van der Waals surface area contributed by atoms with E-state index >= 15 is 0 Å². The van der Waals surface area contributed by atoms with Crippen LogP contribution in [0, 0.1) is 6.92 Å². The highest BCUT2D eigenvalue weighted by Gasteiger charge is 2.34. The summed E-state index contributed by atoms with van der Waals surface area (Å²) in [6.45, 7) is 2.91. The lowest BCUT2D eigenvalue weighted by molar-refractivity contribution is -0.123. The van der Waals surface area contributed by atoms with Gasteiger partial charge in [0.2, 0.25) is 5.91 Å². The Morgan fingerprint density at radius 2 is 2.15 bits per heavy atom. The van der Waals surface area contributed by atoms with Crippen molar-refractivity contribution in [2.24, 2.45) is 0 Å². The van der Waals surface area contributed by atoms with Crippen molar-refractivity contribution in [3.8, 4) is 5.75 Å². The fourth-order valence-corrected chi connectivity index (χ4v) is 2.25. The van der Waals surface area contributed by atoms with Crippen molar-refractivity contribution >= 4 is 5.91 Å². The monoisotopic (exact) mass is 277 g/mol. The molecule has 110 valence electrons. The Labute approximate surface area is 120 Å². The van der Waals surface area contributed by atoms with Gasteiger partial charge in [-0.05, 0) is 44.2 Å². The van der Waals surface area contributed by atoms with E-state index in [0.29, 0.717) is 26.0 Å². The normalized spacial score (nSPS) is 16.3. The van der Waals surface area contributed by atoms with Crippen LogP contribution in [-0.4, -0.2) is 29.8 Å². The second-order valence-corrected chi connectivity index (χ2v) is 5.57. The Morgan fingerprint density at radius 1 is 1.40 bits per heavy atom. The number of hydrogen-bond acceptors (Lipinski definition) is 3. The molecule has 0 atom stereocenters. The van der Waals surface area contributed by atoms with Crippen molar-refractivity contribution in [2.45, 2.75) is 44.6 Å². The van der Waals surface area contributed by atoms with E-state index in [1.54, 1.807) is 0 Å². The molecule has 0 saturated heterocycles. The summed E-state index contributed by atoms with van der Waals surface area (Å²) in [7, 11) is 0. The standard InChI is InChI=1S/C16H23NO3/c1-13-6-2-3-7-14(13)20-11-4-8-15(18)17-12-16(19)9-5-10-16/h2-3,6-7,19H,4-5,8-12H2,1H3,(H,17,18). The van der Waals surface area contributed by atoms with E-state index in [1.165, 1.54) is 0 Å². The second kappa shape index (κ2) is 6.75. The first kappa shape index (κ1) is 14.9. The van der Waals surface area contributed by atoms with Gasteiger partial charge >= 0.3 is 0 Å². The first-order valence-electron chi connectivity index (χ1n) is 7.27. The predicted octanol–water partition coefficient (Wildman–Crippen LogP) is 2.19.